The third-order valence-electron chi connectivity index (χ3n) is 4.76. The fourth-order valence-electron chi connectivity index (χ4n) is 3.28. The molecule has 0 atom stereocenters. The van der Waals surface area contributed by atoms with Gasteiger partial charge in [-0.25, -0.2) is 0 Å². The van der Waals surface area contributed by atoms with Gasteiger partial charge < -0.3 is 4.90 Å². The van der Waals surface area contributed by atoms with Crippen LogP contribution in [-0.4, -0.2) is 29.8 Å². The predicted octanol–water partition coefficient (Wildman–Crippen LogP) is 3.70. The van der Waals surface area contributed by atoms with E-state index in [1.165, 1.54) is 18.2 Å². The fraction of sp³-hybridized carbons (Fsp3) is 0.300. The molecule has 9 heteroatoms. The van der Waals surface area contributed by atoms with Gasteiger partial charge in [0.15, 0.2) is 0 Å². The van der Waals surface area contributed by atoms with E-state index in [-0.39, 0.29) is 16.8 Å². The molecule has 2 N–H and O–H groups in total. The average molecular weight is 417 g/mol. The molecule has 0 bridgehead atoms. The van der Waals surface area contributed by atoms with Crippen molar-refractivity contribution in [2.45, 2.75) is 25.7 Å². The van der Waals surface area contributed by atoms with Gasteiger partial charge in [-0.15, -0.1) is 0 Å². The molecule has 1 aliphatic heterocycles. The normalized spacial score (nSPS) is 14.0. The standard InChI is InChI=1S/C20H21ClN4O4/c21-16-7-5-6-14(12-16)19(26)22-23-20(27)15-8-9-17(18(13-15)25(28)29)24-10-3-1-2-4-11-24/h5-9,12-13H,1-4,10-11H2,(H,22,26)(H,23,27). The van der Waals surface area contributed by atoms with Crippen LogP contribution in [0.15, 0.2) is 42.5 Å². The Bertz CT molecular complexity index is 926. The lowest BCUT2D eigenvalue weighted by Crippen LogP contribution is -2.41. The number of anilines is 1. The zero-order chi connectivity index (χ0) is 20.8. The molecule has 2 aromatic carbocycles. The maximum absolute atomic E-state index is 12.4. The van der Waals surface area contributed by atoms with Gasteiger partial charge in [0.25, 0.3) is 17.5 Å². The molecule has 152 valence electrons. The summed E-state index contributed by atoms with van der Waals surface area (Å²) < 4.78 is 0. The number of hydrogen-bond acceptors (Lipinski definition) is 5. The highest BCUT2D eigenvalue weighted by Gasteiger charge is 2.23. The molecule has 1 aliphatic rings. The number of halogens is 1. The van der Waals surface area contributed by atoms with Crippen LogP contribution in [0.25, 0.3) is 0 Å². The lowest BCUT2D eigenvalue weighted by atomic mass is 10.1. The van der Waals surface area contributed by atoms with E-state index in [2.05, 4.69) is 10.9 Å². The summed E-state index contributed by atoms with van der Waals surface area (Å²) in [6, 6.07) is 10.6. The first kappa shape index (κ1) is 20.6. The van der Waals surface area contributed by atoms with E-state index >= 15 is 0 Å². The number of rotatable bonds is 4. The largest absolute Gasteiger partial charge is 0.366 e. The molecule has 2 aromatic rings. The van der Waals surface area contributed by atoms with Crippen LogP contribution in [0.3, 0.4) is 0 Å². The first-order chi connectivity index (χ1) is 14.0. The molecule has 29 heavy (non-hydrogen) atoms. The van der Waals surface area contributed by atoms with Crippen molar-refractivity contribution in [1.82, 2.24) is 10.9 Å². The monoisotopic (exact) mass is 416 g/mol. The zero-order valence-electron chi connectivity index (χ0n) is 15.7. The van der Waals surface area contributed by atoms with Gasteiger partial charge in [0, 0.05) is 35.3 Å². The number of hydrogen-bond donors (Lipinski definition) is 2. The van der Waals surface area contributed by atoms with Crippen molar-refractivity contribution in [3.8, 4) is 0 Å². The topological polar surface area (TPSA) is 105 Å². The Morgan fingerprint density at radius 3 is 2.14 bits per heavy atom. The molecule has 0 spiro atoms. The molecule has 8 nitrogen and oxygen atoms in total. The number of hydrazine groups is 1. The molecule has 0 aromatic heterocycles. The smallest absolute Gasteiger partial charge is 0.293 e. The Hall–Kier alpha value is -3.13. The van der Waals surface area contributed by atoms with E-state index in [1.807, 2.05) is 4.90 Å². The molecule has 1 saturated heterocycles. The minimum atomic E-state index is -0.647. The van der Waals surface area contributed by atoms with E-state index in [1.54, 1.807) is 24.3 Å². The Labute approximate surface area is 173 Å². The van der Waals surface area contributed by atoms with Gasteiger partial charge in [-0.1, -0.05) is 30.5 Å². The Morgan fingerprint density at radius 2 is 1.55 bits per heavy atom. The van der Waals surface area contributed by atoms with Crippen molar-refractivity contribution in [2.24, 2.45) is 0 Å². The van der Waals surface area contributed by atoms with Crippen LogP contribution in [-0.2, 0) is 0 Å². The lowest BCUT2D eigenvalue weighted by Gasteiger charge is -2.22. The molecule has 0 radical (unpaired) electrons. The first-order valence-corrected chi connectivity index (χ1v) is 9.73. The maximum atomic E-state index is 12.4. The Morgan fingerprint density at radius 1 is 0.931 bits per heavy atom. The lowest BCUT2D eigenvalue weighted by molar-refractivity contribution is -0.384. The van der Waals surface area contributed by atoms with E-state index in [4.69, 9.17) is 11.6 Å². The van der Waals surface area contributed by atoms with Gasteiger partial charge in [0.1, 0.15) is 5.69 Å². The van der Waals surface area contributed by atoms with Crippen LogP contribution in [0.1, 0.15) is 46.4 Å². The van der Waals surface area contributed by atoms with Gasteiger partial charge in [-0.2, -0.15) is 0 Å². The molecular formula is C20H21ClN4O4. The number of amides is 2. The second kappa shape index (κ2) is 9.38. The van der Waals surface area contributed by atoms with Gasteiger partial charge in [-0.05, 0) is 43.2 Å². The predicted molar refractivity (Wildman–Crippen MR) is 110 cm³/mol. The van der Waals surface area contributed by atoms with E-state index in [0.29, 0.717) is 10.7 Å². The molecule has 2 amide bonds. The average Bonchev–Trinajstić information content (AvgIpc) is 3.00. The highest BCUT2D eigenvalue weighted by molar-refractivity contribution is 6.31. The number of nitro benzene ring substituents is 1. The summed E-state index contributed by atoms with van der Waals surface area (Å²) in [5.41, 5.74) is 5.31. The highest BCUT2D eigenvalue weighted by atomic mass is 35.5. The third-order valence-corrected chi connectivity index (χ3v) is 4.99. The number of nitrogens with one attached hydrogen (secondary N) is 2. The van der Waals surface area contributed by atoms with Crippen molar-refractivity contribution < 1.29 is 14.5 Å². The van der Waals surface area contributed by atoms with Crippen LogP contribution in [0.5, 0.6) is 0 Å². The SMILES string of the molecule is O=C(NNC(=O)c1ccc(N2CCCCCC2)c([N+](=O)[O-])c1)c1cccc(Cl)c1. The minimum absolute atomic E-state index is 0.0849. The summed E-state index contributed by atoms with van der Waals surface area (Å²) in [5.74, 6) is -1.19. The molecule has 0 aliphatic carbocycles. The van der Waals surface area contributed by atoms with Gasteiger partial charge >= 0.3 is 0 Å². The van der Waals surface area contributed by atoms with Crippen LogP contribution in [0, 0.1) is 10.1 Å². The molecule has 0 unspecified atom stereocenters. The summed E-state index contributed by atoms with van der Waals surface area (Å²) in [6.07, 6.45) is 4.18. The molecule has 1 fully saturated rings. The van der Waals surface area contributed by atoms with Gasteiger partial charge in [0.2, 0.25) is 0 Å². The summed E-state index contributed by atoms with van der Waals surface area (Å²) in [5, 5.41) is 12.0. The van der Waals surface area contributed by atoms with Crippen LogP contribution in [0.4, 0.5) is 11.4 Å². The summed E-state index contributed by atoms with van der Waals surface area (Å²) in [6.45, 7) is 1.50. The molecule has 3 rings (SSSR count). The van der Waals surface area contributed by atoms with Crippen molar-refractivity contribution in [1.29, 1.82) is 0 Å². The maximum Gasteiger partial charge on any atom is 0.293 e. The molecular weight excluding hydrogens is 396 g/mol. The second-order valence-corrected chi connectivity index (χ2v) is 7.22. The van der Waals surface area contributed by atoms with Crippen molar-refractivity contribution in [2.75, 3.05) is 18.0 Å². The van der Waals surface area contributed by atoms with E-state index in [9.17, 15) is 19.7 Å². The quantitative estimate of drug-likeness (QED) is 0.584. The van der Waals surface area contributed by atoms with Crippen molar-refractivity contribution >= 4 is 34.8 Å². The van der Waals surface area contributed by atoms with Gasteiger partial charge in [-0.3, -0.25) is 30.6 Å². The molecule has 1 heterocycles. The summed E-state index contributed by atoms with van der Waals surface area (Å²) >= 11 is 5.85. The number of nitrogens with zero attached hydrogens (tertiary/aromatic N) is 2. The fourth-order valence-corrected chi connectivity index (χ4v) is 3.47. The van der Waals surface area contributed by atoms with Crippen LogP contribution < -0.4 is 15.8 Å². The first-order valence-electron chi connectivity index (χ1n) is 9.35. The van der Waals surface area contributed by atoms with Crippen molar-refractivity contribution in [3.05, 3.63) is 68.7 Å². The number of carbonyl (C=O) groups is 2. The third kappa shape index (κ3) is 5.23. The number of carbonyl (C=O) groups excluding carboxylic acids is 2. The van der Waals surface area contributed by atoms with E-state index < -0.39 is 16.7 Å². The minimum Gasteiger partial charge on any atom is -0.366 e. The number of nitro groups is 1. The summed E-state index contributed by atoms with van der Waals surface area (Å²) in [7, 11) is 0. The van der Waals surface area contributed by atoms with Crippen LogP contribution >= 0.6 is 11.6 Å². The van der Waals surface area contributed by atoms with Crippen LogP contribution in [0.2, 0.25) is 5.02 Å². The Balaban J connectivity index is 1.72. The van der Waals surface area contributed by atoms with Crippen molar-refractivity contribution in [3.63, 3.8) is 0 Å². The zero-order valence-corrected chi connectivity index (χ0v) is 16.4. The Kier molecular flexibility index (Phi) is 6.66. The number of benzene rings is 2. The molecule has 0 saturated carbocycles. The summed E-state index contributed by atoms with van der Waals surface area (Å²) in [4.78, 5) is 37.6. The highest BCUT2D eigenvalue weighted by Crippen LogP contribution is 2.31. The second-order valence-electron chi connectivity index (χ2n) is 6.78. The van der Waals surface area contributed by atoms with Gasteiger partial charge in [0.05, 0.1) is 4.92 Å². The van der Waals surface area contributed by atoms with E-state index in [0.717, 1.165) is 38.8 Å².